The summed E-state index contributed by atoms with van der Waals surface area (Å²) in [7, 11) is 0. The van der Waals surface area contributed by atoms with E-state index in [9.17, 15) is 10.1 Å². The van der Waals surface area contributed by atoms with Crippen molar-refractivity contribution in [1.82, 2.24) is 0 Å². The Balaban J connectivity index is 3.11. The number of ether oxygens (including phenoxy) is 1. The zero-order valence-electron chi connectivity index (χ0n) is 9.35. The van der Waals surface area contributed by atoms with E-state index in [2.05, 4.69) is 0 Å². The van der Waals surface area contributed by atoms with Crippen LogP contribution < -0.4 is 4.74 Å². The van der Waals surface area contributed by atoms with Crippen LogP contribution in [0.25, 0.3) is 0 Å². The van der Waals surface area contributed by atoms with Gasteiger partial charge in [-0.2, -0.15) is 5.26 Å². The Morgan fingerprint density at radius 2 is 2.06 bits per heavy atom. The number of hydrogen-bond acceptors (Lipinski definition) is 4. The fourth-order valence-electron chi connectivity index (χ4n) is 1.18. The predicted octanol–water partition coefficient (Wildman–Crippen LogP) is 2.64. The molecule has 0 saturated heterocycles. The van der Waals surface area contributed by atoms with Crippen molar-refractivity contribution < 1.29 is 9.66 Å². The van der Waals surface area contributed by atoms with Crippen LogP contribution in [0.4, 0.5) is 5.69 Å². The molecule has 1 aromatic carbocycles. The number of nitro benzene ring substituents is 1. The topological polar surface area (TPSA) is 76.2 Å². The van der Waals surface area contributed by atoms with E-state index >= 15 is 0 Å². The molecule has 0 amide bonds. The van der Waals surface area contributed by atoms with E-state index in [1.54, 1.807) is 6.07 Å². The first-order valence-electron chi connectivity index (χ1n) is 4.71. The minimum absolute atomic E-state index is 0.00625. The normalized spacial score (nSPS) is 10.6. The van der Waals surface area contributed by atoms with Gasteiger partial charge in [-0.15, -0.1) is 0 Å². The molecule has 0 aromatic heterocycles. The molecule has 16 heavy (non-hydrogen) atoms. The van der Waals surface area contributed by atoms with Crippen LogP contribution in [0.2, 0.25) is 0 Å². The zero-order chi connectivity index (χ0) is 12.3. The van der Waals surface area contributed by atoms with Crippen molar-refractivity contribution in [3.8, 4) is 11.8 Å². The summed E-state index contributed by atoms with van der Waals surface area (Å²) >= 11 is 0. The minimum Gasteiger partial charge on any atom is -0.488 e. The summed E-state index contributed by atoms with van der Waals surface area (Å²) < 4.78 is 5.51. The highest BCUT2D eigenvalue weighted by Crippen LogP contribution is 2.25. The second kappa shape index (κ2) is 4.19. The van der Waals surface area contributed by atoms with Crippen molar-refractivity contribution in [2.75, 3.05) is 0 Å². The molecule has 0 saturated carbocycles. The first kappa shape index (κ1) is 12.0. The summed E-state index contributed by atoms with van der Waals surface area (Å²) in [5, 5.41) is 19.4. The molecule has 0 aliphatic heterocycles. The molecule has 0 bridgehead atoms. The third kappa shape index (κ3) is 2.95. The molecule has 0 N–H and O–H groups in total. The second-order valence-corrected chi connectivity index (χ2v) is 4.26. The van der Waals surface area contributed by atoms with Gasteiger partial charge in [0.05, 0.1) is 4.92 Å². The van der Waals surface area contributed by atoms with Crippen LogP contribution in [0.15, 0.2) is 18.2 Å². The molecule has 1 aromatic rings. The quantitative estimate of drug-likeness (QED) is 0.567. The Labute approximate surface area is 93.4 Å². The van der Waals surface area contributed by atoms with Crippen molar-refractivity contribution in [3.63, 3.8) is 0 Å². The highest BCUT2D eigenvalue weighted by molar-refractivity contribution is 5.52. The highest BCUT2D eigenvalue weighted by atomic mass is 16.6. The molecule has 0 heterocycles. The SMILES string of the molecule is CC(C)(C)Oc1ccc([N+](=O)[O-])c(C#N)c1. The molecule has 0 atom stereocenters. The van der Waals surface area contributed by atoms with Gasteiger partial charge >= 0.3 is 0 Å². The van der Waals surface area contributed by atoms with Crippen LogP contribution in [0.3, 0.4) is 0 Å². The molecule has 5 heteroatoms. The van der Waals surface area contributed by atoms with E-state index in [1.807, 2.05) is 20.8 Å². The monoisotopic (exact) mass is 220 g/mol. The van der Waals surface area contributed by atoms with E-state index in [0.29, 0.717) is 5.75 Å². The van der Waals surface area contributed by atoms with E-state index < -0.39 is 10.5 Å². The Kier molecular flexibility index (Phi) is 3.14. The fourth-order valence-corrected chi connectivity index (χ4v) is 1.18. The summed E-state index contributed by atoms with van der Waals surface area (Å²) in [6.07, 6.45) is 0. The van der Waals surface area contributed by atoms with Crippen LogP contribution in [0, 0.1) is 21.4 Å². The smallest absolute Gasteiger partial charge is 0.287 e. The van der Waals surface area contributed by atoms with Crippen molar-refractivity contribution in [3.05, 3.63) is 33.9 Å². The summed E-state index contributed by atoms with van der Waals surface area (Å²) in [5.41, 5.74) is -0.599. The van der Waals surface area contributed by atoms with Crippen molar-refractivity contribution >= 4 is 5.69 Å². The fraction of sp³-hybridized carbons (Fsp3) is 0.364. The number of benzene rings is 1. The van der Waals surface area contributed by atoms with Gasteiger partial charge in [0.1, 0.15) is 23.0 Å². The maximum absolute atomic E-state index is 10.6. The van der Waals surface area contributed by atoms with Gasteiger partial charge in [-0.05, 0) is 26.8 Å². The van der Waals surface area contributed by atoms with E-state index in [0.717, 1.165) is 0 Å². The summed E-state index contributed by atoms with van der Waals surface area (Å²) in [6, 6.07) is 5.93. The van der Waals surface area contributed by atoms with Crippen LogP contribution in [0.5, 0.6) is 5.75 Å². The average Bonchev–Trinajstić information content (AvgIpc) is 2.14. The van der Waals surface area contributed by atoms with E-state index in [-0.39, 0.29) is 11.3 Å². The molecule has 84 valence electrons. The Morgan fingerprint density at radius 3 is 2.50 bits per heavy atom. The van der Waals surface area contributed by atoms with Crippen molar-refractivity contribution in [2.24, 2.45) is 0 Å². The lowest BCUT2D eigenvalue weighted by Gasteiger charge is -2.21. The van der Waals surface area contributed by atoms with Crippen LogP contribution >= 0.6 is 0 Å². The molecule has 0 aliphatic carbocycles. The molecule has 0 radical (unpaired) electrons. The molecule has 0 aliphatic rings. The average molecular weight is 220 g/mol. The lowest BCUT2D eigenvalue weighted by atomic mass is 10.1. The summed E-state index contributed by atoms with van der Waals surface area (Å²) in [4.78, 5) is 10.0. The molecular formula is C11H12N2O3. The lowest BCUT2D eigenvalue weighted by molar-refractivity contribution is -0.385. The zero-order valence-corrected chi connectivity index (χ0v) is 9.35. The van der Waals surface area contributed by atoms with E-state index in [1.165, 1.54) is 18.2 Å². The van der Waals surface area contributed by atoms with Gasteiger partial charge in [0, 0.05) is 12.1 Å². The first-order valence-corrected chi connectivity index (χ1v) is 4.71. The Morgan fingerprint density at radius 1 is 1.44 bits per heavy atom. The third-order valence-corrected chi connectivity index (χ3v) is 1.71. The second-order valence-electron chi connectivity index (χ2n) is 4.26. The number of hydrogen-bond donors (Lipinski definition) is 0. The van der Waals surface area contributed by atoms with Gasteiger partial charge in [-0.3, -0.25) is 10.1 Å². The third-order valence-electron chi connectivity index (χ3n) is 1.71. The van der Waals surface area contributed by atoms with Gasteiger partial charge in [0.2, 0.25) is 0 Å². The Hall–Kier alpha value is -2.09. The number of rotatable bonds is 2. The van der Waals surface area contributed by atoms with Crippen molar-refractivity contribution in [2.45, 2.75) is 26.4 Å². The predicted molar refractivity (Wildman–Crippen MR) is 58.2 cm³/mol. The molecule has 1 rings (SSSR count). The van der Waals surface area contributed by atoms with Gasteiger partial charge in [0.15, 0.2) is 0 Å². The maximum Gasteiger partial charge on any atom is 0.287 e. The molecular weight excluding hydrogens is 208 g/mol. The Bertz CT molecular complexity index is 455. The van der Waals surface area contributed by atoms with Crippen molar-refractivity contribution in [1.29, 1.82) is 5.26 Å². The van der Waals surface area contributed by atoms with Gasteiger partial charge in [-0.1, -0.05) is 0 Å². The largest absolute Gasteiger partial charge is 0.488 e. The molecule has 5 nitrogen and oxygen atoms in total. The standard InChI is InChI=1S/C11H12N2O3/c1-11(2,3)16-9-4-5-10(13(14)15)8(6-9)7-12/h4-6H,1-3H3. The number of nitrogens with zero attached hydrogens (tertiary/aromatic N) is 2. The van der Waals surface area contributed by atoms with Gasteiger partial charge in [-0.25, -0.2) is 0 Å². The lowest BCUT2D eigenvalue weighted by Crippen LogP contribution is -2.22. The van der Waals surface area contributed by atoms with Crippen LogP contribution in [-0.2, 0) is 0 Å². The first-order chi connectivity index (χ1) is 7.33. The number of nitriles is 1. The maximum atomic E-state index is 10.6. The molecule has 0 fully saturated rings. The van der Waals surface area contributed by atoms with Gasteiger partial charge < -0.3 is 4.74 Å². The summed E-state index contributed by atoms with van der Waals surface area (Å²) in [5.74, 6) is 0.453. The van der Waals surface area contributed by atoms with Crippen LogP contribution in [0.1, 0.15) is 26.3 Å². The molecule has 0 unspecified atom stereocenters. The molecule has 0 spiro atoms. The highest BCUT2D eigenvalue weighted by Gasteiger charge is 2.17. The number of nitro groups is 1. The summed E-state index contributed by atoms with van der Waals surface area (Å²) in [6.45, 7) is 5.58. The van der Waals surface area contributed by atoms with E-state index in [4.69, 9.17) is 10.00 Å². The van der Waals surface area contributed by atoms with Gasteiger partial charge in [0.25, 0.3) is 5.69 Å². The van der Waals surface area contributed by atoms with Crippen LogP contribution in [-0.4, -0.2) is 10.5 Å². The minimum atomic E-state index is -0.584.